The minimum Gasteiger partial charge on any atom is -0.339 e. The normalized spacial score (nSPS) is 19.0. The topological polar surface area (TPSA) is 83.7 Å². The molecule has 0 radical (unpaired) electrons. The van der Waals surface area contributed by atoms with E-state index in [2.05, 4.69) is 4.90 Å². The first-order chi connectivity index (χ1) is 8.20. The summed E-state index contributed by atoms with van der Waals surface area (Å²) in [5.41, 5.74) is 5.48. The lowest BCUT2D eigenvalue weighted by atomic mass is 10.1. The number of amides is 1. The summed E-state index contributed by atoms with van der Waals surface area (Å²) in [4.78, 5) is 16.0. The molecule has 0 unspecified atom stereocenters. The summed E-state index contributed by atoms with van der Waals surface area (Å²) in [6.45, 7) is 7.00. The SMILES string of the molecule is CC(C)(C(=O)N1CCN(CCN)CC1)S(C)(=O)=O. The van der Waals surface area contributed by atoms with Crippen molar-refractivity contribution in [2.45, 2.75) is 18.6 Å². The molecule has 0 aromatic rings. The molecule has 1 rings (SSSR count). The van der Waals surface area contributed by atoms with Crippen LogP contribution < -0.4 is 5.73 Å². The molecule has 1 aliphatic heterocycles. The number of hydrogen-bond donors (Lipinski definition) is 1. The van der Waals surface area contributed by atoms with Gasteiger partial charge in [-0.1, -0.05) is 0 Å². The number of carbonyl (C=O) groups excluding carboxylic acids is 1. The Morgan fingerprint density at radius 3 is 2.11 bits per heavy atom. The predicted molar refractivity (Wildman–Crippen MR) is 71.0 cm³/mol. The van der Waals surface area contributed by atoms with Gasteiger partial charge in [-0.3, -0.25) is 9.69 Å². The zero-order valence-electron chi connectivity index (χ0n) is 11.3. The van der Waals surface area contributed by atoms with Crippen LogP contribution in [-0.4, -0.2) is 74.4 Å². The van der Waals surface area contributed by atoms with Gasteiger partial charge in [0.15, 0.2) is 9.84 Å². The lowest BCUT2D eigenvalue weighted by Crippen LogP contribution is -2.56. The Kier molecular flexibility index (Phi) is 4.74. The Morgan fingerprint density at radius 2 is 1.72 bits per heavy atom. The summed E-state index contributed by atoms with van der Waals surface area (Å²) in [6.07, 6.45) is 1.11. The first-order valence-electron chi connectivity index (χ1n) is 6.11. The van der Waals surface area contributed by atoms with Crippen molar-refractivity contribution in [3.05, 3.63) is 0 Å². The zero-order valence-corrected chi connectivity index (χ0v) is 12.2. The van der Waals surface area contributed by atoms with Crippen LogP contribution in [0.4, 0.5) is 0 Å². The van der Waals surface area contributed by atoms with Gasteiger partial charge in [0.1, 0.15) is 4.75 Å². The van der Waals surface area contributed by atoms with E-state index in [9.17, 15) is 13.2 Å². The van der Waals surface area contributed by atoms with Crippen LogP contribution in [0.2, 0.25) is 0 Å². The molecule has 7 heteroatoms. The fourth-order valence-corrected chi connectivity index (χ4v) is 2.34. The predicted octanol–water partition coefficient (Wildman–Crippen LogP) is -1.09. The summed E-state index contributed by atoms with van der Waals surface area (Å²) < 4.78 is 21.9. The quantitative estimate of drug-likeness (QED) is 0.706. The van der Waals surface area contributed by atoms with Crippen LogP contribution in [0, 0.1) is 0 Å². The Labute approximate surface area is 109 Å². The summed E-state index contributed by atoms with van der Waals surface area (Å²) in [5, 5.41) is 0. The van der Waals surface area contributed by atoms with Gasteiger partial charge in [-0.25, -0.2) is 8.42 Å². The largest absolute Gasteiger partial charge is 0.339 e. The molecule has 1 saturated heterocycles. The molecule has 0 atom stereocenters. The summed E-state index contributed by atoms with van der Waals surface area (Å²) >= 11 is 0. The van der Waals surface area contributed by atoms with E-state index in [-0.39, 0.29) is 5.91 Å². The van der Waals surface area contributed by atoms with Crippen molar-refractivity contribution in [1.82, 2.24) is 9.80 Å². The zero-order chi connectivity index (χ0) is 14.0. The third-order valence-corrected chi connectivity index (χ3v) is 5.58. The van der Waals surface area contributed by atoms with Crippen LogP contribution in [0.5, 0.6) is 0 Å². The summed E-state index contributed by atoms with van der Waals surface area (Å²) in [5.74, 6) is -0.308. The molecular weight excluding hydrogens is 254 g/mol. The van der Waals surface area contributed by atoms with Crippen LogP contribution in [-0.2, 0) is 14.6 Å². The number of sulfone groups is 1. The van der Waals surface area contributed by atoms with Gasteiger partial charge >= 0.3 is 0 Å². The van der Waals surface area contributed by atoms with Crippen molar-refractivity contribution >= 4 is 15.7 Å². The fourth-order valence-electron chi connectivity index (χ4n) is 1.90. The Hall–Kier alpha value is -0.660. The van der Waals surface area contributed by atoms with Gasteiger partial charge < -0.3 is 10.6 Å². The Balaban J connectivity index is 2.66. The van der Waals surface area contributed by atoms with Gasteiger partial charge in [0.05, 0.1) is 0 Å². The molecule has 1 aliphatic rings. The maximum atomic E-state index is 12.2. The molecule has 1 heterocycles. The fraction of sp³-hybridized carbons (Fsp3) is 0.909. The minimum atomic E-state index is -3.40. The lowest BCUT2D eigenvalue weighted by molar-refractivity contribution is -0.134. The maximum absolute atomic E-state index is 12.2. The number of nitrogens with zero attached hydrogens (tertiary/aromatic N) is 2. The molecule has 0 aromatic heterocycles. The van der Waals surface area contributed by atoms with E-state index in [1.54, 1.807) is 4.90 Å². The van der Waals surface area contributed by atoms with E-state index >= 15 is 0 Å². The van der Waals surface area contributed by atoms with Crippen LogP contribution >= 0.6 is 0 Å². The second-order valence-corrected chi connectivity index (χ2v) is 7.77. The first-order valence-corrected chi connectivity index (χ1v) is 8.00. The van der Waals surface area contributed by atoms with Crippen molar-refractivity contribution in [3.8, 4) is 0 Å². The maximum Gasteiger partial charge on any atom is 0.243 e. The van der Waals surface area contributed by atoms with Crippen molar-refractivity contribution in [1.29, 1.82) is 0 Å². The van der Waals surface area contributed by atoms with Crippen LogP contribution in [0.15, 0.2) is 0 Å². The monoisotopic (exact) mass is 277 g/mol. The highest BCUT2D eigenvalue weighted by atomic mass is 32.2. The second-order valence-electron chi connectivity index (χ2n) is 5.20. The highest BCUT2D eigenvalue weighted by Gasteiger charge is 2.41. The average molecular weight is 277 g/mol. The Morgan fingerprint density at radius 1 is 1.22 bits per heavy atom. The molecule has 0 aromatic carbocycles. The third-order valence-electron chi connectivity index (χ3n) is 3.55. The number of piperazine rings is 1. The van der Waals surface area contributed by atoms with Gasteiger partial charge in [-0.15, -0.1) is 0 Å². The van der Waals surface area contributed by atoms with Crippen molar-refractivity contribution in [2.75, 3.05) is 45.5 Å². The molecule has 2 N–H and O–H groups in total. The smallest absolute Gasteiger partial charge is 0.243 e. The van der Waals surface area contributed by atoms with Gasteiger partial charge in [-0.2, -0.15) is 0 Å². The third kappa shape index (κ3) is 3.21. The standard InChI is InChI=1S/C11H23N3O3S/c1-11(2,18(3,16)17)10(15)14-8-6-13(5-4-12)7-9-14/h4-9,12H2,1-3H3. The first kappa shape index (κ1) is 15.4. The molecule has 0 spiro atoms. The molecule has 106 valence electrons. The van der Waals surface area contributed by atoms with E-state index < -0.39 is 14.6 Å². The van der Waals surface area contributed by atoms with Gasteiger partial charge in [-0.05, 0) is 13.8 Å². The van der Waals surface area contributed by atoms with Crippen molar-refractivity contribution in [2.24, 2.45) is 5.73 Å². The minimum absolute atomic E-state index is 0.308. The van der Waals surface area contributed by atoms with Gasteiger partial charge in [0.2, 0.25) is 5.91 Å². The van der Waals surface area contributed by atoms with Gasteiger partial charge in [0.25, 0.3) is 0 Å². The van der Waals surface area contributed by atoms with Crippen LogP contribution in [0.25, 0.3) is 0 Å². The number of nitrogens with two attached hydrogens (primary N) is 1. The van der Waals surface area contributed by atoms with E-state index in [0.717, 1.165) is 25.9 Å². The highest BCUT2D eigenvalue weighted by Crippen LogP contribution is 2.19. The van der Waals surface area contributed by atoms with Crippen LogP contribution in [0.1, 0.15) is 13.8 Å². The number of carbonyl (C=O) groups is 1. The molecule has 0 bridgehead atoms. The van der Waals surface area contributed by atoms with Gasteiger partial charge in [0, 0.05) is 45.5 Å². The number of hydrogen-bond acceptors (Lipinski definition) is 5. The van der Waals surface area contributed by atoms with E-state index in [4.69, 9.17) is 5.73 Å². The summed E-state index contributed by atoms with van der Waals surface area (Å²) in [6, 6.07) is 0. The molecule has 1 fully saturated rings. The Bertz CT molecular complexity index is 398. The van der Waals surface area contributed by atoms with Crippen molar-refractivity contribution in [3.63, 3.8) is 0 Å². The molecule has 1 amide bonds. The molecule has 0 aliphatic carbocycles. The van der Waals surface area contributed by atoms with E-state index in [0.29, 0.717) is 19.6 Å². The molecule has 0 saturated carbocycles. The highest BCUT2D eigenvalue weighted by molar-refractivity contribution is 7.92. The second kappa shape index (κ2) is 5.54. The molecular formula is C11H23N3O3S. The number of rotatable bonds is 4. The van der Waals surface area contributed by atoms with Crippen molar-refractivity contribution < 1.29 is 13.2 Å². The summed E-state index contributed by atoms with van der Waals surface area (Å²) in [7, 11) is -3.40. The van der Waals surface area contributed by atoms with E-state index in [1.807, 2.05) is 0 Å². The molecule has 18 heavy (non-hydrogen) atoms. The molecule has 6 nitrogen and oxygen atoms in total. The average Bonchev–Trinajstić information content (AvgIpc) is 2.28. The van der Waals surface area contributed by atoms with E-state index in [1.165, 1.54) is 13.8 Å². The lowest BCUT2D eigenvalue weighted by Gasteiger charge is -2.37. The van der Waals surface area contributed by atoms with Crippen LogP contribution in [0.3, 0.4) is 0 Å².